The summed E-state index contributed by atoms with van der Waals surface area (Å²) in [5.41, 5.74) is 5.57. The van der Waals surface area contributed by atoms with Crippen LogP contribution in [-0.2, 0) is 13.0 Å². The second-order valence-corrected chi connectivity index (χ2v) is 9.63. The largest absolute Gasteiger partial charge is 0.295 e. The Morgan fingerprint density at radius 1 is 1.07 bits per heavy atom. The maximum atomic E-state index is 4.82. The summed E-state index contributed by atoms with van der Waals surface area (Å²) < 4.78 is 0. The molecule has 0 saturated heterocycles. The number of aryl methyl sites for hydroxylation is 1. The van der Waals surface area contributed by atoms with Gasteiger partial charge in [0.05, 0.1) is 0 Å². The van der Waals surface area contributed by atoms with Crippen molar-refractivity contribution in [3.05, 3.63) is 63.6 Å². The quantitative estimate of drug-likeness (QED) is 0.633. The van der Waals surface area contributed by atoms with Gasteiger partial charge >= 0.3 is 0 Å². The van der Waals surface area contributed by atoms with Gasteiger partial charge in [0.25, 0.3) is 0 Å². The molecule has 0 amide bonds. The first-order valence-electron chi connectivity index (χ1n) is 10.6. The van der Waals surface area contributed by atoms with Crippen molar-refractivity contribution in [1.82, 2.24) is 14.9 Å². The molecule has 2 aromatic rings. The molecule has 0 spiro atoms. The molecule has 0 atom stereocenters. The smallest absolute Gasteiger partial charge is 0.131 e. The Balaban J connectivity index is 1.47. The van der Waals surface area contributed by atoms with Gasteiger partial charge in [0.1, 0.15) is 5.82 Å². The summed E-state index contributed by atoms with van der Waals surface area (Å²) in [6.07, 6.45) is 8.26. The molecule has 2 aliphatic rings. The number of hydrogen-bond donors (Lipinski definition) is 0. The van der Waals surface area contributed by atoms with Gasteiger partial charge in [-0.15, -0.1) is 0 Å². The van der Waals surface area contributed by atoms with Gasteiger partial charge in [-0.05, 0) is 55.2 Å². The summed E-state index contributed by atoms with van der Waals surface area (Å²) in [6, 6.07) is 8.97. The molecule has 0 saturated carbocycles. The average molecular weight is 394 g/mol. The van der Waals surface area contributed by atoms with Crippen molar-refractivity contribution >= 4 is 11.8 Å². The van der Waals surface area contributed by atoms with Crippen LogP contribution in [0.25, 0.3) is 0 Å². The van der Waals surface area contributed by atoms with E-state index in [1.165, 1.54) is 47.4 Å². The van der Waals surface area contributed by atoms with Gasteiger partial charge in [0.2, 0.25) is 0 Å². The second kappa shape index (κ2) is 8.79. The lowest BCUT2D eigenvalue weighted by Crippen LogP contribution is -2.33. The van der Waals surface area contributed by atoms with Crippen molar-refractivity contribution < 1.29 is 0 Å². The normalized spacial score (nSPS) is 17.9. The van der Waals surface area contributed by atoms with E-state index < -0.39 is 0 Å². The van der Waals surface area contributed by atoms with Crippen LogP contribution in [-0.4, -0.2) is 28.0 Å². The number of rotatable bonds is 5. The molecular formula is C24H31N3S. The molecule has 0 unspecified atom stereocenters. The molecular weight excluding hydrogens is 362 g/mol. The lowest BCUT2D eigenvalue weighted by atomic mass is 9.97. The highest BCUT2D eigenvalue weighted by atomic mass is 32.2. The van der Waals surface area contributed by atoms with Crippen LogP contribution in [0.5, 0.6) is 0 Å². The fourth-order valence-electron chi connectivity index (χ4n) is 4.05. The molecule has 28 heavy (non-hydrogen) atoms. The summed E-state index contributed by atoms with van der Waals surface area (Å²) in [5.74, 6) is 1.39. The van der Waals surface area contributed by atoms with Crippen LogP contribution in [0.3, 0.4) is 0 Å². The highest BCUT2D eigenvalue weighted by molar-refractivity contribution is 8.03. The van der Waals surface area contributed by atoms with Crippen LogP contribution < -0.4 is 0 Å². The number of aromatic nitrogens is 2. The Bertz CT molecular complexity index is 855. The average Bonchev–Trinajstić information content (AvgIpc) is 2.70. The van der Waals surface area contributed by atoms with Gasteiger partial charge in [0.15, 0.2) is 0 Å². The maximum Gasteiger partial charge on any atom is 0.131 e. The Labute approximate surface area is 173 Å². The zero-order chi connectivity index (χ0) is 19.5. The predicted octanol–water partition coefficient (Wildman–Crippen LogP) is 5.89. The summed E-state index contributed by atoms with van der Waals surface area (Å²) >= 11 is 1.99. The molecule has 1 aromatic carbocycles. The standard InChI is InChI=1S/C24H31N3S/c1-17(2)24-25-14-20-16-27(13-12-22(20)26-24)15-19-6-4-5-7-23(19)28-21-10-8-18(3)9-11-21/h8-11,14,17H,4-7,12-13,15-16H2,1-3H3. The molecule has 1 aliphatic carbocycles. The van der Waals surface area contributed by atoms with E-state index in [-0.39, 0.29) is 0 Å². The zero-order valence-corrected chi connectivity index (χ0v) is 18.2. The lowest BCUT2D eigenvalue weighted by molar-refractivity contribution is 0.268. The molecule has 1 aliphatic heterocycles. The topological polar surface area (TPSA) is 29.0 Å². The van der Waals surface area contributed by atoms with E-state index in [0.717, 1.165) is 31.9 Å². The van der Waals surface area contributed by atoms with Crippen molar-refractivity contribution in [2.75, 3.05) is 13.1 Å². The van der Waals surface area contributed by atoms with Crippen LogP contribution in [0, 0.1) is 6.92 Å². The van der Waals surface area contributed by atoms with Crippen LogP contribution in [0.15, 0.2) is 45.8 Å². The van der Waals surface area contributed by atoms with Crippen LogP contribution >= 0.6 is 11.8 Å². The van der Waals surface area contributed by atoms with E-state index in [1.807, 2.05) is 11.8 Å². The summed E-state index contributed by atoms with van der Waals surface area (Å²) in [4.78, 5) is 15.0. The third-order valence-corrected chi connectivity index (χ3v) is 7.00. The predicted molar refractivity (Wildman–Crippen MR) is 118 cm³/mol. The van der Waals surface area contributed by atoms with Crippen LogP contribution in [0.4, 0.5) is 0 Å². The van der Waals surface area contributed by atoms with E-state index in [4.69, 9.17) is 4.98 Å². The van der Waals surface area contributed by atoms with E-state index in [9.17, 15) is 0 Å². The Morgan fingerprint density at radius 2 is 1.86 bits per heavy atom. The van der Waals surface area contributed by atoms with Crippen LogP contribution in [0.2, 0.25) is 0 Å². The van der Waals surface area contributed by atoms with E-state index in [2.05, 4.69) is 61.1 Å². The van der Waals surface area contributed by atoms with Crippen molar-refractivity contribution in [2.45, 2.75) is 70.2 Å². The fourth-order valence-corrected chi connectivity index (χ4v) is 5.17. The minimum Gasteiger partial charge on any atom is -0.295 e. The van der Waals surface area contributed by atoms with E-state index >= 15 is 0 Å². The molecule has 2 heterocycles. The van der Waals surface area contributed by atoms with Gasteiger partial charge in [-0.1, -0.05) is 43.3 Å². The molecule has 0 bridgehead atoms. The molecule has 1 aromatic heterocycles. The summed E-state index contributed by atoms with van der Waals surface area (Å²) in [5, 5.41) is 0. The number of thioether (sulfide) groups is 1. The van der Waals surface area contributed by atoms with Gasteiger partial charge < -0.3 is 0 Å². The Morgan fingerprint density at radius 3 is 2.64 bits per heavy atom. The molecule has 3 nitrogen and oxygen atoms in total. The number of nitrogens with zero attached hydrogens (tertiary/aromatic N) is 3. The van der Waals surface area contributed by atoms with Crippen LogP contribution in [0.1, 0.15) is 68.1 Å². The van der Waals surface area contributed by atoms with E-state index in [1.54, 1.807) is 10.5 Å². The zero-order valence-electron chi connectivity index (χ0n) is 17.4. The van der Waals surface area contributed by atoms with Crippen molar-refractivity contribution in [3.63, 3.8) is 0 Å². The van der Waals surface area contributed by atoms with Crippen molar-refractivity contribution in [1.29, 1.82) is 0 Å². The number of allylic oxidation sites excluding steroid dienone is 1. The Hall–Kier alpha value is -1.65. The molecule has 0 fully saturated rings. The Kier molecular flexibility index (Phi) is 6.17. The first-order chi connectivity index (χ1) is 13.6. The van der Waals surface area contributed by atoms with E-state index in [0.29, 0.717) is 5.92 Å². The molecule has 4 rings (SSSR count). The van der Waals surface area contributed by atoms with Gasteiger partial charge in [-0.25, -0.2) is 9.97 Å². The summed E-state index contributed by atoms with van der Waals surface area (Å²) in [7, 11) is 0. The summed E-state index contributed by atoms with van der Waals surface area (Å²) in [6.45, 7) is 9.67. The molecule has 4 heteroatoms. The highest BCUT2D eigenvalue weighted by Crippen LogP contribution is 2.38. The first kappa shape index (κ1) is 19.7. The monoisotopic (exact) mass is 393 g/mol. The minimum absolute atomic E-state index is 0.400. The maximum absolute atomic E-state index is 4.82. The molecule has 148 valence electrons. The van der Waals surface area contributed by atoms with Gasteiger partial charge in [-0.3, -0.25) is 4.90 Å². The number of fused-ring (bicyclic) bond motifs is 1. The third kappa shape index (κ3) is 4.66. The minimum atomic E-state index is 0.400. The molecule has 0 N–H and O–H groups in total. The highest BCUT2D eigenvalue weighted by Gasteiger charge is 2.22. The number of benzene rings is 1. The fraction of sp³-hybridized carbons (Fsp3) is 0.500. The molecule has 0 radical (unpaired) electrons. The SMILES string of the molecule is Cc1ccc(SC2=C(CN3CCc4nc(C(C)C)ncc4C3)CCCC2)cc1. The first-order valence-corrected chi connectivity index (χ1v) is 11.4. The number of hydrogen-bond acceptors (Lipinski definition) is 4. The van der Waals surface area contributed by atoms with Crippen molar-refractivity contribution in [3.8, 4) is 0 Å². The van der Waals surface area contributed by atoms with Gasteiger partial charge in [0, 0.05) is 54.3 Å². The van der Waals surface area contributed by atoms with Crippen molar-refractivity contribution in [2.24, 2.45) is 0 Å². The second-order valence-electron chi connectivity index (χ2n) is 8.46. The van der Waals surface area contributed by atoms with Gasteiger partial charge in [-0.2, -0.15) is 0 Å². The third-order valence-electron chi connectivity index (χ3n) is 5.75. The lowest BCUT2D eigenvalue weighted by Gasteiger charge is -2.31.